The SMILES string of the molecule is CN(CC(=O)N1CCC(O)CC1)Cc1ccon1. The van der Waals surface area contributed by atoms with Gasteiger partial charge in [-0.15, -0.1) is 0 Å². The van der Waals surface area contributed by atoms with Gasteiger partial charge in [-0.25, -0.2) is 0 Å². The van der Waals surface area contributed by atoms with Gasteiger partial charge in [0.2, 0.25) is 5.91 Å². The third-order valence-electron chi connectivity index (χ3n) is 3.15. The Morgan fingerprint density at radius 2 is 2.33 bits per heavy atom. The third-order valence-corrected chi connectivity index (χ3v) is 3.15. The van der Waals surface area contributed by atoms with Crippen molar-refractivity contribution in [2.45, 2.75) is 25.5 Å². The highest BCUT2D eigenvalue weighted by atomic mass is 16.5. The van der Waals surface area contributed by atoms with Crippen LogP contribution in [0.4, 0.5) is 0 Å². The number of carbonyl (C=O) groups is 1. The van der Waals surface area contributed by atoms with Crippen molar-refractivity contribution in [3.05, 3.63) is 18.0 Å². The average molecular weight is 253 g/mol. The van der Waals surface area contributed by atoms with E-state index in [2.05, 4.69) is 5.16 Å². The molecule has 1 fully saturated rings. The van der Waals surface area contributed by atoms with Crippen molar-refractivity contribution in [3.8, 4) is 0 Å². The molecule has 6 heteroatoms. The van der Waals surface area contributed by atoms with Gasteiger partial charge in [-0.3, -0.25) is 9.69 Å². The van der Waals surface area contributed by atoms with E-state index in [-0.39, 0.29) is 12.0 Å². The van der Waals surface area contributed by atoms with E-state index in [0.29, 0.717) is 39.0 Å². The molecule has 6 nitrogen and oxygen atoms in total. The van der Waals surface area contributed by atoms with E-state index in [0.717, 1.165) is 5.69 Å². The average Bonchev–Trinajstić information content (AvgIpc) is 2.82. The lowest BCUT2D eigenvalue weighted by atomic mass is 10.1. The summed E-state index contributed by atoms with van der Waals surface area (Å²) >= 11 is 0. The molecule has 0 aromatic carbocycles. The number of piperidine rings is 1. The molecule has 0 radical (unpaired) electrons. The maximum atomic E-state index is 12.0. The maximum Gasteiger partial charge on any atom is 0.236 e. The standard InChI is InChI=1S/C12H19N3O3/c1-14(8-10-4-7-18-13-10)9-12(17)15-5-2-11(16)3-6-15/h4,7,11,16H,2-3,5-6,8-9H2,1H3. The number of carbonyl (C=O) groups excluding carboxylic acids is 1. The molecule has 2 rings (SSSR count). The zero-order chi connectivity index (χ0) is 13.0. The molecular formula is C12H19N3O3. The van der Waals surface area contributed by atoms with Crippen LogP contribution in [0.15, 0.2) is 16.9 Å². The zero-order valence-corrected chi connectivity index (χ0v) is 10.6. The Morgan fingerprint density at radius 1 is 1.61 bits per heavy atom. The highest BCUT2D eigenvalue weighted by Gasteiger charge is 2.22. The number of nitrogens with zero attached hydrogens (tertiary/aromatic N) is 3. The fourth-order valence-electron chi connectivity index (χ4n) is 2.10. The number of aliphatic hydroxyl groups is 1. The molecule has 0 unspecified atom stereocenters. The second-order valence-corrected chi connectivity index (χ2v) is 4.78. The first kappa shape index (κ1) is 13.0. The summed E-state index contributed by atoms with van der Waals surface area (Å²) in [5, 5.41) is 13.2. The zero-order valence-electron chi connectivity index (χ0n) is 10.6. The number of aliphatic hydroxyl groups excluding tert-OH is 1. The van der Waals surface area contributed by atoms with Crippen LogP contribution >= 0.6 is 0 Å². The van der Waals surface area contributed by atoms with Crippen molar-refractivity contribution in [2.75, 3.05) is 26.7 Å². The topological polar surface area (TPSA) is 69.8 Å². The van der Waals surface area contributed by atoms with E-state index in [1.54, 1.807) is 6.07 Å². The maximum absolute atomic E-state index is 12.0. The lowest BCUT2D eigenvalue weighted by molar-refractivity contribution is -0.134. The predicted octanol–water partition coefficient (Wildman–Crippen LogP) is 0.0897. The molecule has 0 aliphatic carbocycles. The molecule has 2 heterocycles. The minimum absolute atomic E-state index is 0.105. The molecule has 1 aliphatic heterocycles. The van der Waals surface area contributed by atoms with Gasteiger partial charge in [0, 0.05) is 25.7 Å². The first-order valence-corrected chi connectivity index (χ1v) is 6.19. The Kier molecular flexibility index (Phi) is 4.33. The largest absolute Gasteiger partial charge is 0.393 e. The van der Waals surface area contributed by atoms with Crippen molar-refractivity contribution < 1.29 is 14.4 Å². The highest BCUT2D eigenvalue weighted by Crippen LogP contribution is 2.10. The fourth-order valence-corrected chi connectivity index (χ4v) is 2.10. The molecule has 1 aromatic rings. The summed E-state index contributed by atoms with van der Waals surface area (Å²) in [6, 6.07) is 1.79. The lowest BCUT2D eigenvalue weighted by Crippen LogP contribution is -2.44. The van der Waals surface area contributed by atoms with E-state index in [1.807, 2.05) is 16.8 Å². The summed E-state index contributed by atoms with van der Waals surface area (Å²) in [6.07, 6.45) is 2.64. The van der Waals surface area contributed by atoms with Crippen LogP contribution in [0.25, 0.3) is 0 Å². The summed E-state index contributed by atoms with van der Waals surface area (Å²) in [5.74, 6) is 0.105. The van der Waals surface area contributed by atoms with Gasteiger partial charge in [-0.2, -0.15) is 0 Å². The summed E-state index contributed by atoms with van der Waals surface area (Å²) in [6.45, 7) is 2.26. The molecule has 0 saturated carbocycles. The summed E-state index contributed by atoms with van der Waals surface area (Å²) in [4.78, 5) is 15.7. The van der Waals surface area contributed by atoms with Gasteiger partial charge in [0.15, 0.2) is 0 Å². The van der Waals surface area contributed by atoms with E-state index < -0.39 is 0 Å². The Morgan fingerprint density at radius 3 is 2.94 bits per heavy atom. The van der Waals surface area contributed by atoms with Gasteiger partial charge in [0.25, 0.3) is 0 Å². The van der Waals surface area contributed by atoms with Crippen LogP contribution in [-0.4, -0.2) is 58.8 Å². The Balaban J connectivity index is 1.76. The molecule has 1 saturated heterocycles. The molecule has 1 aliphatic rings. The number of aromatic nitrogens is 1. The van der Waals surface area contributed by atoms with Crippen molar-refractivity contribution >= 4 is 5.91 Å². The van der Waals surface area contributed by atoms with Gasteiger partial charge < -0.3 is 14.5 Å². The number of likely N-dealkylation sites (N-methyl/N-ethyl adjacent to an activating group) is 1. The normalized spacial score (nSPS) is 17.4. The predicted molar refractivity (Wildman–Crippen MR) is 64.7 cm³/mol. The van der Waals surface area contributed by atoms with Gasteiger partial charge >= 0.3 is 0 Å². The Labute approximate surface area is 106 Å². The van der Waals surface area contributed by atoms with E-state index in [9.17, 15) is 9.90 Å². The number of hydrogen-bond acceptors (Lipinski definition) is 5. The monoisotopic (exact) mass is 253 g/mol. The van der Waals surface area contributed by atoms with Gasteiger partial charge in [0.1, 0.15) is 6.26 Å². The number of rotatable bonds is 4. The lowest BCUT2D eigenvalue weighted by Gasteiger charge is -2.30. The van der Waals surface area contributed by atoms with E-state index in [1.165, 1.54) is 6.26 Å². The van der Waals surface area contributed by atoms with Gasteiger partial charge in [-0.05, 0) is 19.9 Å². The molecule has 0 spiro atoms. The van der Waals surface area contributed by atoms with Crippen LogP contribution in [0.1, 0.15) is 18.5 Å². The number of amides is 1. The molecule has 100 valence electrons. The molecule has 0 atom stereocenters. The quantitative estimate of drug-likeness (QED) is 0.823. The number of likely N-dealkylation sites (tertiary alicyclic amines) is 1. The van der Waals surface area contributed by atoms with E-state index in [4.69, 9.17) is 4.52 Å². The molecular weight excluding hydrogens is 234 g/mol. The Bertz CT molecular complexity index is 372. The van der Waals surface area contributed by atoms with Crippen LogP contribution < -0.4 is 0 Å². The van der Waals surface area contributed by atoms with E-state index >= 15 is 0 Å². The molecule has 1 amide bonds. The Hall–Kier alpha value is -1.40. The third kappa shape index (κ3) is 3.54. The molecule has 1 N–H and O–H groups in total. The second-order valence-electron chi connectivity index (χ2n) is 4.78. The minimum Gasteiger partial charge on any atom is -0.393 e. The fraction of sp³-hybridized carbons (Fsp3) is 0.667. The molecule has 1 aromatic heterocycles. The van der Waals surface area contributed by atoms with Crippen molar-refractivity contribution in [3.63, 3.8) is 0 Å². The summed E-state index contributed by atoms with van der Waals surface area (Å²) in [5.41, 5.74) is 0.819. The van der Waals surface area contributed by atoms with Crippen LogP contribution in [0.5, 0.6) is 0 Å². The molecule has 0 bridgehead atoms. The van der Waals surface area contributed by atoms with Gasteiger partial charge in [-0.1, -0.05) is 5.16 Å². The number of hydrogen-bond donors (Lipinski definition) is 1. The van der Waals surface area contributed by atoms with Crippen LogP contribution in [0.3, 0.4) is 0 Å². The van der Waals surface area contributed by atoms with Crippen molar-refractivity contribution in [1.82, 2.24) is 15.0 Å². The first-order valence-electron chi connectivity index (χ1n) is 6.19. The van der Waals surface area contributed by atoms with Crippen LogP contribution in [0, 0.1) is 0 Å². The smallest absolute Gasteiger partial charge is 0.236 e. The highest BCUT2D eigenvalue weighted by molar-refractivity contribution is 5.78. The minimum atomic E-state index is -0.248. The van der Waals surface area contributed by atoms with Crippen LogP contribution in [0.2, 0.25) is 0 Å². The summed E-state index contributed by atoms with van der Waals surface area (Å²) in [7, 11) is 1.88. The summed E-state index contributed by atoms with van der Waals surface area (Å²) < 4.78 is 4.75. The van der Waals surface area contributed by atoms with Crippen LogP contribution in [-0.2, 0) is 11.3 Å². The van der Waals surface area contributed by atoms with Crippen molar-refractivity contribution in [2.24, 2.45) is 0 Å². The van der Waals surface area contributed by atoms with Gasteiger partial charge in [0.05, 0.1) is 18.3 Å². The first-order chi connectivity index (χ1) is 8.65. The molecule has 18 heavy (non-hydrogen) atoms. The second kappa shape index (κ2) is 5.97. The van der Waals surface area contributed by atoms with Crippen molar-refractivity contribution in [1.29, 1.82) is 0 Å².